The van der Waals surface area contributed by atoms with Gasteiger partial charge in [-0.2, -0.15) is 0 Å². The lowest BCUT2D eigenvalue weighted by molar-refractivity contribution is 0.0704. The molecule has 0 aliphatic rings. The number of amides is 1. The van der Waals surface area contributed by atoms with Gasteiger partial charge in [-0.1, -0.05) is 29.3 Å². The van der Waals surface area contributed by atoms with Crippen LogP contribution in [0.15, 0.2) is 18.2 Å². The highest BCUT2D eigenvalue weighted by molar-refractivity contribution is 6.39. The fourth-order valence-electron chi connectivity index (χ4n) is 1.37. The van der Waals surface area contributed by atoms with E-state index in [-0.39, 0.29) is 18.0 Å². The van der Waals surface area contributed by atoms with E-state index in [1.807, 2.05) is 0 Å². The third-order valence-corrected chi connectivity index (χ3v) is 2.69. The first kappa shape index (κ1) is 13.3. The summed E-state index contributed by atoms with van der Waals surface area (Å²) in [5, 5.41) is 9.83. The largest absolute Gasteiger partial charge is 0.392 e. The molecule has 1 atom stereocenters. The number of rotatable bonds is 3. The molecular weight excluding hydrogens is 249 g/mol. The maximum absolute atomic E-state index is 12.0. The van der Waals surface area contributed by atoms with Crippen LogP contribution in [0.2, 0.25) is 10.0 Å². The lowest BCUT2D eigenvalue weighted by Gasteiger charge is -2.19. The van der Waals surface area contributed by atoms with Crippen LogP contribution in [-0.2, 0) is 0 Å². The van der Waals surface area contributed by atoms with Crippen LogP contribution in [0.5, 0.6) is 0 Å². The molecule has 1 aromatic rings. The number of likely N-dealkylation sites (N-methyl/N-ethyl adjacent to an activating group) is 1. The first-order chi connectivity index (χ1) is 7.43. The van der Waals surface area contributed by atoms with E-state index in [1.54, 1.807) is 32.2 Å². The molecule has 0 heterocycles. The molecule has 0 fully saturated rings. The van der Waals surface area contributed by atoms with Crippen LogP contribution >= 0.6 is 23.2 Å². The number of halogens is 2. The quantitative estimate of drug-likeness (QED) is 0.908. The summed E-state index contributed by atoms with van der Waals surface area (Å²) >= 11 is 11.8. The van der Waals surface area contributed by atoms with Crippen molar-refractivity contribution < 1.29 is 9.90 Å². The highest BCUT2D eigenvalue weighted by Gasteiger charge is 2.19. The Morgan fingerprint density at radius 2 is 1.94 bits per heavy atom. The SMILES string of the molecule is CC(O)CN(C)C(=O)c1c(Cl)cccc1Cl. The van der Waals surface area contributed by atoms with E-state index in [0.29, 0.717) is 10.0 Å². The van der Waals surface area contributed by atoms with Gasteiger partial charge < -0.3 is 10.0 Å². The zero-order valence-electron chi connectivity index (χ0n) is 9.08. The van der Waals surface area contributed by atoms with Gasteiger partial charge in [0.05, 0.1) is 21.7 Å². The minimum absolute atomic E-state index is 0.236. The lowest BCUT2D eigenvalue weighted by atomic mass is 10.2. The van der Waals surface area contributed by atoms with Gasteiger partial charge in [0.15, 0.2) is 0 Å². The summed E-state index contributed by atoms with van der Waals surface area (Å²) in [4.78, 5) is 13.4. The van der Waals surface area contributed by atoms with Crippen molar-refractivity contribution in [1.29, 1.82) is 0 Å². The van der Waals surface area contributed by atoms with Gasteiger partial charge in [-0.05, 0) is 19.1 Å². The van der Waals surface area contributed by atoms with Crippen molar-refractivity contribution in [2.45, 2.75) is 13.0 Å². The second-order valence-corrected chi connectivity index (χ2v) is 4.45. The third-order valence-electron chi connectivity index (χ3n) is 2.06. The molecule has 0 aliphatic carbocycles. The van der Waals surface area contributed by atoms with Crippen molar-refractivity contribution in [2.75, 3.05) is 13.6 Å². The van der Waals surface area contributed by atoms with Gasteiger partial charge in [0.25, 0.3) is 5.91 Å². The zero-order chi connectivity index (χ0) is 12.3. The van der Waals surface area contributed by atoms with Crippen molar-refractivity contribution in [3.8, 4) is 0 Å². The average molecular weight is 262 g/mol. The van der Waals surface area contributed by atoms with Gasteiger partial charge in [-0.3, -0.25) is 4.79 Å². The number of aliphatic hydroxyl groups is 1. The van der Waals surface area contributed by atoms with Crippen LogP contribution in [0.4, 0.5) is 0 Å². The molecule has 1 aromatic carbocycles. The van der Waals surface area contributed by atoms with E-state index in [0.717, 1.165) is 0 Å². The molecule has 1 rings (SSSR count). The minimum atomic E-state index is -0.588. The molecule has 0 saturated heterocycles. The van der Waals surface area contributed by atoms with E-state index in [4.69, 9.17) is 23.2 Å². The second kappa shape index (κ2) is 5.53. The summed E-state index contributed by atoms with van der Waals surface area (Å²) < 4.78 is 0. The van der Waals surface area contributed by atoms with Gasteiger partial charge in [0.2, 0.25) is 0 Å². The summed E-state index contributed by atoms with van der Waals surface area (Å²) in [5.41, 5.74) is 0.272. The molecule has 0 saturated carbocycles. The maximum atomic E-state index is 12.0. The minimum Gasteiger partial charge on any atom is -0.392 e. The zero-order valence-corrected chi connectivity index (χ0v) is 10.6. The first-order valence-corrected chi connectivity index (χ1v) is 5.56. The number of carbonyl (C=O) groups excluding carboxylic acids is 1. The molecule has 0 bridgehead atoms. The lowest BCUT2D eigenvalue weighted by Crippen LogP contribution is -2.33. The number of hydrogen-bond donors (Lipinski definition) is 1. The van der Waals surface area contributed by atoms with Crippen LogP contribution in [0, 0.1) is 0 Å². The molecule has 5 heteroatoms. The smallest absolute Gasteiger partial charge is 0.256 e. The standard InChI is InChI=1S/C11H13Cl2NO2/c1-7(15)6-14(2)11(16)10-8(12)4-3-5-9(10)13/h3-5,7,15H,6H2,1-2H3. The average Bonchev–Trinajstić information content (AvgIpc) is 2.16. The van der Waals surface area contributed by atoms with E-state index < -0.39 is 6.10 Å². The molecule has 1 amide bonds. The molecule has 0 aromatic heterocycles. The van der Waals surface area contributed by atoms with E-state index in [2.05, 4.69) is 0 Å². The van der Waals surface area contributed by atoms with Crippen LogP contribution in [-0.4, -0.2) is 35.6 Å². The van der Waals surface area contributed by atoms with Crippen molar-refractivity contribution >= 4 is 29.1 Å². The van der Waals surface area contributed by atoms with E-state index >= 15 is 0 Å². The molecular formula is C11H13Cl2NO2. The second-order valence-electron chi connectivity index (χ2n) is 3.63. The predicted octanol–water partition coefficient (Wildman–Crippen LogP) is 2.45. The molecule has 3 nitrogen and oxygen atoms in total. The Bertz CT molecular complexity index is 373. The number of hydrogen-bond acceptors (Lipinski definition) is 2. The number of benzene rings is 1. The summed E-state index contributed by atoms with van der Waals surface area (Å²) in [7, 11) is 1.59. The maximum Gasteiger partial charge on any atom is 0.256 e. The monoisotopic (exact) mass is 261 g/mol. The molecule has 0 spiro atoms. The third kappa shape index (κ3) is 3.11. The summed E-state index contributed by atoms with van der Waals surface area (Å²) in [6, 6.07) is 4.89. The van der Waals surface area contributed by atoms with Crippen molar-refractivity contribution in [1.82, 2.24) is 4.90 Å². The Hall–Kier alpha value is -0.770. The Labute approximate surface area is 105 Å². The van der Waals surface area contributed by atoms with Gasteiger partial charge in [0, 0.05) is 13.6 Å². The fourth-order valence-corrected chi connectivity index (χ4v) is 1.93. The number of aliphatic hydroxyl groups excluding tert-OH is 1. The first-order valence-electron chi connectivity index (χ1n) is 4.81. The number of carbonyl (C=O) groups is 1. The van der Waals surface area contributed by atoms with Crippen LogP contribution in [0.1, 0.15) is 17.3 Å². The van der Waals surface area contributed by atoms with E-state index in [9.17, 15) is 9.90 Å². The summed E-state index contributed by atoms with van der Waals surface area (Å²) in [6.45, 7) is 1.85. The topological polar surface area (TPSA) is 40.5 Å². The van der Waals surface area contributed by atoms with Crippen LogP contribution < -0.4 is 0 Å². The molecule has 16 heavy (non-hydrogen) atoms. The van der Waals surface area contributed by atoms with E-state index in [1.165, 1.54) is 4.90 Å². The Morgan fingerprint density at radius 3 is 2.38 bits per heavy atom. The van der Waals surface area contributed by atoms with Crippen LogP contribution in [0.25, 0.3) is 0 Å². The van der Waals surface area contributed by atoms with Crippen LogP contribution in [0.3, 0.4) is 0 Å². The predicted molar refractivity (Wildman–Crippen MR) is 65.1 cm³/mol. The fraction of sp³-hybridized carbons (Fsp3) is 0.364. The molecule has 0 radical (unpaired) electrons. The molecule has 88 valence electrons. The van der Waals surface area contributed by atoms with Gasteiger partial charge in [0.1, 0.15) is 0 Å². The molecule has 1 N–H and O–H groups in total. The Balaban J connectivity index is 2.96. The van der Waals surface area contributed by atoms with Crippen molar-refractivity contribution in [2.24, 2.45) is 0 Å². The summed E-state index contributed by atoms with van der Waals surface area (Å²) in [6.07, 6.45) is -0.588. The molecule has 0 aliphatic heterocycles. The summed E-state index contributed by atoms with van der Waals surface area (Å²) in [5.74, 6) is -0.295. The highest BCUT2D eigenvalue weighted by atomic mass is 35.5. The van der Waals surface area contributed by atoms with Gasteiger partial charge in [-0.15, -0.1) is 0 Å². The van der Waals surface area contributed by atoms with Gasteiger partial charge in [-0.25, -0.2) is 0 Å². The normalized spacial score (nSPS) is 12.3. The number of nitrogens with zero attached hydrogens (tertiary/aromatic N) is 1. The Kier molecular flexibility index (Phi) is 4.59. The Morgan fingerprint density at radius 1 is 1.44 bits per heavy atom. The highest BCUT2D eigenvalue weighted by Crippen LogP contribution is 2.25. The van der Waals surface area contributed by atoms with Crippen molar-refractivity contribution in [3.63, 3.8) is 0 Å². The molecule has 1 unspecified atom stereocenters. The van der Waals surface area contributed by atoms with Gasteiger partial charge >= 0.3 is 0 Å². The van der Waals surface area contributed by atoms with Crippen molar-refractivity contribution in [3.05, 3.63) is 33.8 Å².